The maximum atomic E-state index is 13.1. The van der Waals surface area contributed by atoms with Gasteiger partial charge in [-0.15, -0.1) is 0 Å². The molecule has 7 nitrogen and oxygen atoms in total. The SMILES string of the molecule is CCCNC(=O)N1CCOC[C@H]2CN(C(=O)c3ccccc3OCC)CC[C@H]21. The molecule has 28 heavy (non-hydrogen) atoms. The molecule has 1 aromatic rings. The van der Waals surface area contributed by atoms with Crippen molar-refractivity contribution < 1.29 is 19.1 Å². The third kappa shape index (κ3) is 4.58. The molecule has 2 aliphatic rings. The van der Waals surface area contributed by atoms with Gasteiger partial charge >= 0.3 is 6.03 Å². The van der Waals surface area contributed by atoms with E-state index in [0.29, 0.717) is 57.3 Å². The normalized spacial score (nSPS) is 22.2. The van der Waals surface area contributed by atoms with Crippen molar-refractivity contribution in [1.82, 2.24) is 15.1 Å². The second-order valence-electron chi connectivity index (χ2n) is 7.30. The molecule has 154 valence electrons. The Morgan fingerprint density at radius 1 is 1.25 bits per heavy atom. The van der Waals surface area contributed by atoms with Crippen LogP contribution in [-0.4, -0.2) is 73.8 Å². The van der Waals surface area contributed by atoms with E-state index in [1.807, 2.05) is 47.9 Å². The van der Waals surface area contributed by atoms with Crippen LogP contribution in [0.3, 0.4) is 0 Å². The molecule has 2 heterocycles. The van der Waals surface area contributed by atoms with Crippen LogP contribution in [-0.2, 0) is 4.74 Å². The highest BCUT2D eigenvalue weighted by atomic mass is 16.5. The number of hydrogen-bond acceptors (Lipinski definition) is 4. The van der Waals surface area contributed by atoms with Crippen molar-refractivity contribution in [3.8, 4) is 5.75 Å². The largest absolute Gasteiger partial charge is 0.493 e. The number of hydrogen-bond donors (Lipinski definition) is 1. The van der Waals surface area contributed by atoms with Crippen LogP contribution in [0, 0.1) is 5.92 Å². The zero-order chi connectivity index (χ0) is 19.9. The van der Waals surface area contributed by atoms with Gasteiger partial charge in [-0.25, -0.2) is 4.79 Å². The topological polar surface area (TPSA) is 71.1 Å². The highest BCUT2D eigenvalue weighted by Gasteiger charge is 2.39. The summed E-state index contributed by atoms with van der Waals surface area (Å²) in [5.74, 6) is 0.718. The first kappa shape index (κ1) is 20.5. The first-order chi connectivity index (χ1) is 13.7. The van der Waals surface area contributed by atoms with E-state index in [1.54, 1.807) is 0 Å². The number of likely N-dealkylation sites (tertiary alicyclic amines) is 1. The first-order valence-corrected chi connectivity index (χ1v) is 10.3. The number of amides is 3. The molecule has 3 rings (SSSR count). The molecule has 0 aliphatic carbocycles. The van der Waals surface area contributed by atoms with Gasteiger partial charge in [-0.2, -0.15) is 0 Å². The summed E-state index contributed by atoms with van der Waals surface area (Å²) in [6.45, 7) is 8.05. The van der Waals surface area contributed by atoms with Crippen LogP contribution < -0.4 is 10.1 Å². The van der Waals surface area contributed by atoms with E-state index in [0.717, 1.165) is 12.8 Å². The fourth-order valence-corrected chi connectivity index (χ4v) is 4.02. The Kier molecular flexibility index (Phi) is 7.14. The molecule has 0 aromatic heterocycles. The van der Waals surface area contributed by atoms with E-state index in [4.69, 9.17) is 9.47 Å². The Morgan fingerprint density at radius 2 is 2.07 bits per heavy atom. The number of nitrogens with one attached hydrogen (secondary N) is 1. The number of benzene rings is 1. The van der Waals surface area contributed by atoms with Gasteiger partial charge < -0.3 is 24.6 Å². The van der Waals surface area contributed by atoms with Crippen molar-refractivity contribution in [1.29, 1.82) is 0 Å². The minimum atomic E-state index is -0.0242. The number of para-hydroxylation sites is 1. The summed E-state index contributed by atoms with van der Waals surface area (Å²) in [4.78, 5) is 29.5. The molecular weight excluding hydrogens is 358 g/mol. The highest BCUT2D eigenvalue weighted by molar-refractivity contribution is 5.97. The van der Waals surface area contributed by atoms with Crippen LogP contribution in [0.5, 0.6) is 5.75 Å². The Bertz CT molecular complexity index is 681. The van der Waals surface area contributed by atoms with Crippen LogP contribution in [0.4, 0.5) is 4.79 Å². The van der Waals surface area contributed by atoms with E-state index >= 15 is 0 Å². The zero-order valence-corrected chi connectivity index (χ0v) is 16.9. The van der Waals surface area contributed by atoms with Gasteiger partial charge in [-0.1, -0.05) is 19.1 Å². The lowest BCUT2D eigenvalue weighted by molar-refractivity contribution is 0.0429. The average Bonchev–Trinajstić information content (AvgIpc) is 2.94. The minimum Gasteiger partial charge on any atom is -0.493 e. The zero-order valence-electron chi connectivity index (χ0n) is 16.9. The third-order valence-electron chi connectivity index (χ3n) is 5.39. The van der Waals surface area contributed by atoms with Crippen LogP contribution in [0.15, 0.2) is 24.3 Å². The standard InChI is InChI=1S/C21H31N3O4/c1-3-10-22-21(26)24-12-13-27-15-16-14-23(11-9-18(16)24)20(25)17-7-5-6-8-19(17)28-4-2/h5-8,16,18H,3-4,9-15H2,1-2H3,(H,22,26)/t16-,18-/m1/s1. The van der Waals surface area contributed by atoms with E-state index in [9.17, 15) is 9.59 Å². The summed E-state index contributed by atoms with van der Waals surface area (Å²) in [5.41, 5.74) is 0.592. The van der Waals surface area contributed by atoms with Gasteiger partial charge in [-0.05, 0) is 31.9 Å². The monoisotopic (exact) mass is 389 g/mol. The van der Waals surface area contributed by atoms with Gasteiger partial charge in [0.05, 0.1) is 25.4 Å². The number of rotatable bonds is 5. The van der Waals surface area contributed by atoms with Crippen molar-refractivity contribution in [2.24, 2.45) is 5.92 Å². The summed E-state index contributed by atoms with van der Waals surface area (Å²) in [6, 6.07) is 7.46. The van der Waals surface area contributed by atoms with E-state index < -0.39 is 0 Å². The van der Waals surface area contributed by atoms with Gasteiger partial charge in [0.1, 0.15) is 5.75 Å². The average molecular weight is 389 g/mol. The molecule has 2 aliphatic heterocycles. The third-order valence-corrected chi connectivity index (χ3v) is 5.39. The predicted molar refractivity (Wildman–Crippen MR) is 107 cm³/mol. The molecule has 3 amide bonds. The fraction of sp³-hybridized carbons (Fsp3) is 0.619. The van der Waals surface area contributed by atoms with Crippen LogP contribution in [0.1, 0.15) is 37.0 Å². The van der Waals surface area contributed by atoms with Gasteiger partial charge in [0.15, 0.2) is 0 Å². The van der Waals surface area contributed by atoms with Crippen molar-refractivity contribution in [3.63, 3.8) is 0 Å². The number of urea groups is 1. The number of fused-ring (bicyclic) bond motifs is 1. The quantitative estimate of drug-likeness (QED) is 0.839. The number of carbonyl (C=O) groups is 2. The Balaban J connectivity index is 1.71. The molecule has 1 aromatic carbocycles. The maximum absolute atomic E-state index is 13.1. The maximum Gasteiger partial charge on any atom is 0.317 e. The Hall–Kier alpha value is -2.28. The number of piperidine rings is 1. The van der Waals surface area contributed by atoms with Crippen molar-refractivity contribution in [2.45, 2.75) is 32.7 Å². The predicted octanol–water partition coefficient (Wildman–Crippen LogP) is 2.37. The molecule has 0 saturated carbocycles. The Labute approximate surface area is 167 Å². The van der Waals surface area contributed by atoms with Crippen LogP contribution in [0.25, 0.3) is 0 Å². The number of ether oxygens (including phenoxy) is 2. The second kappa shape index (κ2) is 9.78. The van der Waals surface area contributed by atoms with Crippen molar-refractivity contribution >= 4 is 11.9 Å². The summed E-state index contributed by atoms with van der Waals surface area (Å²) in [5, 5.41) is 2.98. The molecule has 0 radical (unpaired) electrons. The molecule has 0 spiro atoms. The smallest absolute Gasteiger partial charge is 0.317 e. The van der Waals surface area contributed by atoms with Crippen LogP contribution >= 0.6 is 0 Å². The van der Waals surface area contributed by atoms with Gasteiger partial charge in [0.2, 0.25) is 0 Å². The summed E-state index contributed by atoms with van der Waals surface area (Å²) in [7, 11) is 0. The molecular formula is C21H31N3O4. The fourth-order valence-electron chi connectivity index (χ4n) is 4.02. The molecule has 1 N–H and O–H groups in total. The van der Waals surface area contributed by atoms with Gasteiger partial charge in [-0.3, -0.25) is 4.79 Å². The summed E-state index contributed by atoms with van der Waals surface area (Å²) in [6.07, 6.45) is 1.67. The van der Waals surface area contributed by atoms with E-state index in [-0.39, 0.29) is 23.9 Å². The van der Waals surface area contributed by atoms with Crippen molar-refractivity contribution in [3.05, 3.63) is 29.8 Å². The van der Waals surface area contributed by atoms with Crippen LogP contribution in [0.2, 0.25) is 0 Å². The molecule has 0 bridgehead atoms. The first-order valence-electron chi connectivity index (χ1n) is 10.3. The lowest BCUT2D eigenvalue weighted by Crippen LogP contribution is -2.56. The van der Waals surface area contributed by atoms with Crippen molar-refractivity contribution in [2.75, 3.05) is 46.0 Å². The Morgan fingerprint density at radius 3 is 2.86 bits per heavy atom. The number of carbonyl (C=O) groups excluding carboxylic acids is 2. The molecule has 7 heteroatoms. The summed E-state index contributed by atoms with van der Waals surface area (Å²) >= 11 is 0. The lowest BCUT2D eigenvalue weighted by Gasteiger charge is -2.42. The lowest BCUT2D eigenvalue weighted by atomic mass is 9.91. The van der Waals surface area contributed by atoms with Gasteiger partial charge in [0.25, 0.3) is 5.91 Å². The highest BCUT2D eigenvalue weighted by Crippen LogP contribution is 2.28. The molecule has 2 fully saturated rings. The van der Waals surface area contributed by atoms with Gasteiger partial charge in [0, 0.05) is 38.1 Å². The minimum absolute atomic E-state index is 0.0197. The van der Waals surface area contributed by atoms with E-state index in [2.05, 4.69) is 5.32 Å². The molecule has 0 unspecified atom stereocenters. The molecule has 2 saturated heterocycles. The number of nitrogens with zero attached hydrogens (tertiary/aromatic N) is 2. The molecule has 2 atom stereocenters. The van der Waals surface area contributed by atoms with E-state index in [1.165, 1.54) is 0 Å². The second-order valence-corrected chi connectivity index (χ2v) is 7.30. The summed E-state index contributed by atoms with van der Waals surface area (Å²) < 4.78 is 11.4.